The third-order valence-corrected chi connectivity index (χ3v) is 1.46. The van der Waals surface area contributed by atoms with E-state index in [1.165, 1.54) is 13.8 Å². The van der Waals surface area contributed by atoms with Crippen LogP contribution in [0.5, 0.6) is 0 Å². The summed E-state index contributed by atoms with van der Waals surface area (Å²) < 4.78 is 5.59. The second-order valence-electron chi connectivity index (χ2n) is 4.48. The highest BCUT2D eigenvalue weighted by Gasteiger charge is 2.06. The molecular weight excluding hydrogens is 212 g/mol. The van der Waals surface area contributed by atoms with Crippen LogP contribution in [0.2, 0.25) is 0 Å². The molecule has 0 aromatic heterocycles. The third-order valence-electron chi connectivity index (χ3n) is 1.46. The first-order valence-corrected chi connectivity index (χ1v) is 4.98. The molecule has 0 fully saturated rings. The van der Waals surface area contributed by atoms with E-state index in [1.54, 1.807) is 0 Å². The maximum Gasteiger partial charge on any atom is 0.320 e. The summed E-state index contributed by atoms with van der Waals surface area (Å²) in [6, 6.07) is -0.731. The first-order chi connectivity index (χ1) is 7.06. The first kappa shape index (κ1) is 17.3. The minimum Gasteiger partial charge on any atom is -0.480 e. The lowest BCUT2D eigenvalue weighted by molar-refractivity contribution is -0.870. The molecule has 0 bridgehead atoms. The lowest BCUT2D eigenvalue weighted by atomic mass is 10.4. The normalized spacial score (nSPS) is 12.1. The lowest BCUT2D eigenvalue weighted by Gasteiger charge is -2.23. The Balaban J connectivity index is 0. The summed E-state index contributed by atoms with van der Waals surface area (Å²) in [5.74, 6) is -1.16. The predicted octanol–water partition coefficient (Wildman–Crippen LogP) is -0.326. The van der Waals surface area contributed by atoms with Crippen LogP contribution in [-0.2, 0) is 14.3 Å². The van der Waals surface area contributed by atoms with Crippen LogP contribution in [0, 0.1) is 0 Å². The third kappa shape index (κ3) is 18.6. The van der Waals surface area contributed by atoms with Crippen molar-refractivity contribution in [3.63, 3.8) is 0 Å². The van der Waals surface area contributed by atoms with Gasteiger partial charge in [0.2, 0.25) is 0 Å². The van der Waals surface area contributed by atoms with Gasteiger partial charge in [-0.2, -0.15) is 0 Å². The maximum atomic E-state index is 10.3. The number of nitrogens with two attached hydrogens (primary N) is 1. The van der Waals surface area contributed by atoms with E-state index in [4.69, 9.17) is 15.6 Å². The molecule has 1 atom stereocenters. The number of aliphatic carboxylic acids is 1. The van der Waals surface area contributed by atoms with Crippen molar-refractivity contribution in [3.05, 3.63) is 0 Å². The number of nitrogens with zero attached hydrogens (tertiary/aromatic N) is 1. The average molecular weight is 235 g/mol. The zero-order chi connectivity index (χ0) is 13.4. The van der Waals surface area contributed by atoms with Crippen LogP contribution in [-0.4, -0.2) is 61.9 Å². The molecule has 96 valence electrons. The maximum absolute atomic E-state index is 10.3. The Hall–Kier alpha value is -1.14. The molecule has 0 rings (SSSR count). The highest BCUT2D eigenvalue weighted by Crippen LogP contribution is 1.89. The number of carboxylic acid groups (broad SMARTS) is 1. The molecule has 0 saturated carbocycles. The lowest BCUT2D eigenvalue weighted by Crippen LogP contribution is -2.37. The molecule has 0 amide bonds. The molecule has 0 radical (unpaired) electrons. The summed E-state index contributed by atoms with van der Waals surface area (Å²) >= 11 is 0. The van der Waals surface area contributed by atoms with Gasteiger partial charge in [0.25, 0.3) is 0 Å². The van der Waals surface area contributed by atoms with Crippen molar-refractivity contribution in [2.24, 2.45) is 5.73 Å². The van der Waals surface area contributed by atoms with Crippen molar-refractivity contribution >= 4 is 11.9 Å². The SMILES string of the molecule is CC(=O)OCC[N+](C)(C)C.CC(N)C(=O)O. The van der Waals surface area contributed by atoms with Crippen LogP contribution < -0.4 is 5.73 Å². The summed E-state index contributed by atoms with van der Waals surface area (Å²) in [6.07, 6.45) is 0. The predicted molar refractivity (Wildman–Crippen MR) is 60.8 cm³/mol. The average Bonchev–Trinajstić information content (AvgIpc) is 2.01. The minimum atomic E-state index is -0.963. The van der Waals surface area contributed by atoms with Gasteiger partial charge in [-0.25, -0.2) is 0 Å². The van der Waals surface area contributed by atoms with E-state index in [2.05, 4.69) is 21.1 Å². The van der Waals surface area contributed by atoms with E-state index >= 15 is 0 Å². The van der Waals surface area contributed by atoms with Crippen molar-refractivity contribution in [1.82, 2.24) is 0 Å². The zero-order valence-electron chi connectivity index (χ0n) is 10.7. The molecule has 0 saturated heterocycles. The Labute approximate surface area is 96.6 Å². The number of esters is 1. The molecule has 3 N–H and O–H groups in total. The van der Waals surface area contributed by atoms with Crippen LogP contribution in [0.15, 0.2) is 0 Å². The van der Waals surface area contributed by atoms with E-state index < -0.39 is 12.0 Å². The zero-order valence-corrected chi connectivity index (χ0v) is 10.7. The van der Waals surface area contributed by atoms with E-state index in [-0.39, 0.29) is 5.97 Å². The first-order valence-electron chi connectivity index (χ1n) is 4.98. The molecule has 16 heavy (non-hydrogen) atoms. The molecule has 0 aliphatic heterocycles. The van der Waals surface area contributed by atoms with Crippen LogP contribution in [0.1, 0.15) is 13.8 Å². The van der Waals surface area contributed by atoms with Crippen LogP contribution >= 0.6 is 0 Å². The minimum absolute atomic E-state index is 0.201. The van der Waals surface area contributed by atoms with Crippen molar-refractivity contribution in [1.29, 1.82) is 0 Å². The number of carbonyl (C=O) groups is 2. The van der Waals surface area contributed by atoms with Crippen LogP contribution in [0.4, 0.5) is 0 Å². The largest absolute Gasteiger partial charge is 0.480 e. The number of quaternary nitrogens is 1. The monoisotopic (exact) mass is 235 g/mol. The molecule has 0 spiro atoms. The highest BCUT2D eigenvalue weighted by atomic mass is 16.5. The summed E-state index contributed by atoms with van der Waals surface area (Å²) in [5.41, 5.74) is 4.84. The Kier molecular flexibility index (Phi) is 8.70. The molecule has 1 unspecified atom stereocenters. The molecule has 0 heterocycles. The smallest absolute Gasteiger partial charge is 0.320 e. The van der Waals surface area contributed by atoms with Crippen molar-refractivity contribution in [2.45, 2.75) is 19.9 Å². The molecule has 6 nitrogen and oxygen atoms in total. The molecular formula is C10H23N2O4+. The standard InChI is InChI=1S/C7H16NO2.C3H7NO2/c1-7(9)10-6-5-8(2,3)4;1-2(4)3(5)6/h5-6H2,1-4H3;2H,4H2,1H3,(H,5,6)/q+1;. The number of hydrogen-bond acceptors (Lipinski definition) is 4. The van der Waals surface area contributed by atoms with E-state index in [9.17, 15) is 9.59 Å². The fourth-order valence-corrected chi connectivity index (χ4v) is 0.463. The van der Waals surface area contributed by atoms with E-state index in [1.807, 2.05) is 0 Å². The van der Waals surface area contributed by atoms with Gasteiger partial charge < -0.3 is 20.1 Å². The fourth-order valence-electron chi connectivity index (χ4n) is 0.463. The van der Waals surface area contributed by atoms with Crippen LogP contribution in [0.25, 0.3) is 0 Å². The topological polar surface area (TPSA) is 89.6 Å². The van der Waals surface area contributed by atoms with Gasteiger partial charge in [-0.15, -0.1) is 0 Å². The molecule has 0 aromatic rings. The second kappa shape index (κ2) is 8.06. The van der Waals surface area contributed by atoms with Gasteiger partial charge in [0.1, 0.15) is 19.2 Å². The Morgan fingerprint density at radius 1 is 1.38 bits per heavy atom. The van der Waals surface area contributed by atoms with Gasteiger partial charge in [-0.1, -0.05) is 0 Å². The van der Waals surface area contributed by atoms with Crippen molar-refractivity contribution in [3.8, 4) is 0 Å². The Morgan fingerprint density at radius 2 is 1.75 bits per heavy atom. The van der Waals surface area contributed by atoms with Crippen LogP contribution in [0.3, 0.4) is 0 Å². The fraction of sp³-hybridized carbons (Fsp3) is 0.800. The number of carbonyl (C=O) groups excluding carboxylic acids is 1. The number of carboxylic acids is 1. The second-order valence-corrected chi connectivity index (χ2v) is 4.48. The van der Waals surface area contributed by atoms with Gasteiger partial charge in [-0.05, 0) is 6.92 Å². The van der Waals surface area contributed by atoms with Gasteiger partial charge in [0, 0.05) is 6.92 Å². The quantitative estimate of drug-likeness (QED) is 0.514. The van der Waals surface area contributed by atoms with E-state index in [0.29, 0.717) is 6.61 Å². The van der Waals surface area contributed by atoms with Gasteiger partial charge in [0.15, 0.2) is 0 Å². The number of ether oxygens (including phenoxy) is 1. The number of hydrogen-bond donors (Lipinski definition) is 2. The summed E-state index contributed by atoms with van der Waals surface area (Å²) in [5, 5.41) is 7.87. The number of likely N-dealkylation sites (N-methyl/N-ethyl adjacent to an activating group) is 1. The van der Waals surface area contributed by atoms with Crippen molar-refractivity contribution in [2.75, 3.05) is 34.3 Å². The van der Waals surface area contributed by atoms with Gasteiger partial charge in [0.05, 0.1) is 21.1 Å². The summed E-state index contributed by atoms with van der Waals surface area (Å²) in [6.45, 7) is 4.22. The molecule has 0 aliphatic rings. The van der Waals surface area contributed by atoms with E-state index in [0.717, 1.165) is 11.0 Å². The Bertz CT molecular complexity index is 221. The molecule has 0 aromatic carbocycles. The van der Waals surface area contributed by atoms with Gasteiger partial charge >= 0.3 is 11.9 Å². The van der Waals surface area contributed by atoms with Crippen molar-refractivity contribution < 1.29 is 23.9 Å². The molecule has 6 heteroatoms. The summed E-state index contributed by atoms with van der Waals surface area (Å²) in [7, 11) is 6.18. The van der Waals surface area contributed by atoms with Gasteiger partial charge in [-0.3, -0.25) is 9.59 Å². The Morgan fingerprint density at radius 3 is 1.94 bits per heavy atom. The number of rotatable bonds is 4. The highest BCUT2D eigenvalue weighted by molar-refractivity contribution is 5.72. The summed E-state index contributed by atoms with van der Waals surface area (Å²) in [4.78, 5) is 19.9. The molecule has 0 aliphatic carbocycles.